The van der Waals surface area contributed by atoms with Gasteiger partial charge in [0.2, 0.25) is 0 Å². The molecule has 0 amide bonds. The number of H-pyrrole nitrogens is 1. The van der Waals surface area contributed by atoms with Gasteiger partial charge in [0.1, 0.15) is 11.6 Å². The second-order valence-corrected chi connectivity index (χ2v) is 6.14. The van der Waals surface area contributed by atoms with E-state index in [1.807, 2.05) is 51.2 Å². The Morgan fingerprint density at radius 1 is 1.16 bits per heavy atom. The van der Waals surface area contributed by atoms with Crippen LogP contribution < -0.4 is 10.3 Å². The molecule has 130 valence electrons. The minimum absolute atomic E-state index is 0.0103. The third kappa shape index (κ3) is 3.88. The van der Waals surface area contributed by atoms with Crippen LogP contribution in [0.15, 0.2) is 53.3 Å². The summed E-state index contributed by atoms with van der Waals surface area (Å²) in [5.74, 6) is 1.56. The van der Waals surface area contributed by atoms with Gasteiger partial charge in [0.05, 0.1) is 23.6 Å². The van der Waals surface area contributed by atoms with Crippen LogP contribution in [0.5, 0.6) is 5.75 Å². The summed E-state index contributed by atoms with van der Waals surface area (Å²) >= 11 is 0. The maximum atomic E-state index is 12.3. The van der Waals surface area contributed by atoms with E-state index in [9.17, 15) is 4.79 Å². The molecule has 0 saturated carbocycles. The van der Waals surface area contributed by atoms with E-state index >= 15 is 0 Å². The predicted octanol–water partition coefficient (Wildman–Crippen LogP) is 3.51. The summed E-state index contributed by atoms with van der Waals surface area (Å²) in [5.41, 5.74) is 1.81. The van der Waals surface area contributed by atoms with E-state index in [0.717, 1.165) is 17.8 Å². The molecule has 0 unspecified atom stereocenters. The second kappa shape index (κ2) is 7.49. The monoisotopic (exact) mass is 337 g/mol. The number of nitrogens with zero attached hydrogens (tertiary/aromatic N) is 2. The second-order valence-electron chi connectivity index (χ2n) is 6.14. The van der Waals surface area contributed by atoms with Crippen LogP contribution in [0.4, 0.5) is 0 Å². The van der Waals surface area contributed by atoms with E-state index < -0.39 is 0 Å². The molecule has 0 aliphatic heterocycles. The van der Waals surface area contributed by atoms with Crippen molar-refractivity contribution >= 4 is 10.9 Å². The molecule has 25 heavy (non-hydrogen) atoms. The highest BCUT2D eigenvalue weighted by molar-refractivity contribution is 5.77. The number of aromatic amines is 1. The van der Waals surface area contributed by atoms with Crippen molar-refractivity contribution < 1.29 is 4.74 Å². The summed E-state index contributed by atoms with van der Waals surface area (Å²) < 4.78 is 5.47. The quantitative estimate of drug-likeness (QED) is 0.748. The summed E-state index contributed by atoms with van der Waals surface area (Å²) in [6, 6.07) is 15.5. The number of benzene rings is 2. The van der Waals surface area contributed by atoms with Crippen molar-refractivity contribution in [3.05, 3.63) is 70.3 Å². The number of ether oxygens (including phenoxy) is 1. The lowest BCUT2D eigenvalue weighted by atomic mass is 10.1. The minimum Gasteiger partial charge on any atom is -0.494 e. The van der Waals surface area contributed by atoms with E-state index in [1.165, 1.54) is 5.56 Å². The Hall–Kier alpha value is -2.66. The first kappa shape index (κ1) is 17.2. The van der Waals surface area contributed by atoms with Crippen LogP contribution in [0, 0.1) is 0 Å². The van der Waals surface area contributed by atoms with Gasteiger partial charge in [-0.2, -0.15) is 0 Å². The molecule has 2 aromatic carbocycles. The molecule has 0 fully saturated rings. The molecule has 1 atom stereocenters. The van der Waals surface area contributed by atoms with Crippen molar-refractivity contribution in [3.63, 3.8) is 0 Å². The number of aromatic nitrogens is 2. The molecule has 1 aromatic heterocycles. The zero-order valence-corrected chi connectivity index (χ0v) is 14.8. The topological polar surface area (TPSA) is 58.2 Å². The Morgan fingerprint density at radius 2 is 1.88 bits per heavy atom. The summed E-state index contributed by atoms with van der Waals surface area (Å²) in [5, 5.41) is 0.618. The van der Waals surface area contributed by atoms with Gasteiger partial charge in [0.15, 0.2) is 0 Å². The smallest absolute Gasteiger partial charge is 0.258 e. The highest BCUT2D eigenvalue weighted by atomic mass is 16.5. The van der Waals surface area contributed by atoms with Crippen molar-refractivity contribution in [1.29, 1.82) is 0 Å². The Bertz CT molecular complexity index is 903. The normalized spacial score (nSPS) is 12.5. The van der Waals surface area contributed by atoms with Crippen LogP contribution in [-0.2, 0) is 6.54 Å². The highest BCUT2D eigenvalue weighted by Gasteiger charge is 2.16. The maximum absolute atomic E-state index is 12.3. The van der Waals surface area contributed by atoms with Gasteiger partial charge in [-0.1, -0.05) is 24.3 Å². The van der Waals surface area contributed by atoms with Gasteiger partial charge in [0, 0.05) is 6.54 Å². The first-order chi connectivity index (χ1) is 12.1. The standard InChI is InChI=1S/C20H23N3O2/c1-4-25-16-11-9-15(10-12-16)13-23(3)14(2)19-21-18-8-6-5-7-17(18)20(24)22-19/h5-12,14H,4,13H2,1-3H3,(H,21,22,24)/t14-/m0/s1. The largest absolute Gasteiger partial charge is 0.494 e. The minimum atomic E-state index is -0.0954. The Labute approximate surface area is 147 Å². The molecule has 3 rings (SSSR count). The van der Waals surface area contributed by atoms with Gasteiger partial charge in [0.25, 0.3) is 5.56 Å². The van der Waals surface area contributed by atoms with Gasteiger partial charge in [-0.15, -0.1) is 0 Å². The summed E-state index contributed by atoms with van der Waals surface area (Å²) in [7, 11) is 2.02. The number of hydrogen-bond acceptors (Lipinski definition) is 4. The van der Waals surface area contributed by atoms with Crippen molar-refractivity contribution in [2.75, 3.05) is 13.7 Å². The number of rotatable bonds is 6. The average Bonchev–Trinajstić information content (AvgIpc) is 2.63. The molecule has 0 bridgehead atoms. The fourth-order valence-electron chi connectivity index (χ4n) is 2.79. The lowest BCUT2D eigenvalue weighted by Gasteiger charge is -2.24. The van der Waals surface area contributed by atoms with E-state index in [1.54, 1.807) is 6.07 Å². The Kier molecular flexibility index (Phi) is 5.14. The molecule has 5 nitrogen and oxygen atoms in total. The number of fused-ring (bicyclic) bond motifs is 1. The van der Waals surface area contributed by atoms with Crippen LogP contribution in [-0.4, -0.2) is 28.5 Å². The summed E-state index contributed by atoms with van der Waals surface area (Å²) in [6.45, 7) is 5.43. The van der Waals surface area contributed by atoms with Crippen LogP contribution in [0.25, 0.3) is 10.9 Å². The van der Waals surface area contributed by atoms with Gasteiger partial charge in [-0.05, 0) is 50.7 Å². The van der Waals surface area contributed by atoms with Gasteiger partial charge in [-0.25, -0.2) is 4.98 Å². The van der Waals surface area contributed by atoms with Crippen LogP contribution in [0.2, 0.25) is 0 Å². The number of para-hydroxylation sites is 1. The molecule has 0 aliphatic carbocycles. The van der Waals surface area contributed by atoms with Crippen LogP contribution in [0.3, 0.4) is 0 Å². The van der Waals surface area contributed by atoms with E-state index in [0.29, 0.717) is 17.8 Å². The van der Waals surface area contributed by atoms with Crippen molar-refractivity contribution in [2.24, 2.45) is 0 Å². The van der Waals surface area contributed by atoms with E-state index in [4.69, 9.17) is 4.74 Å². The molecule has 1 N–H and O–H groups in total. The fraction of sp³-hybridized carbons (Fsp3) is 0.300. The van der Waals surface area contributed by atoms with Gasteiger partial charge < -0.3 is 9.72 Å². The molecule has 0 aliphatic rings. The first-order valence-corrected chi connectivity index (χ1v) is 8.49. The van der Waals surface area contributed by atoms with Crippen LogP contribution in [0.1, 0.15) is 31.3 Å². The van der Waals surface area contributed by atoms with Crippen LogP contribution >= 0.6 is 0 Å². The molecule has 1 heterocycles. The Balaban J connectivity index is 1.78. The molecule has 0 spiro atoms. The molecular formula is C20H23N3O2. The fourth-order valence-corrected chi connectivity index (χ4v) is 2.79. The number of nitrogens with one attached hydrogen (secondary N) is 1. The van der Waals surface area contributed by atoms with Crippen molar-refractivity contribution in [1.82, 2.24) is 14.9 Å². The number of hydrogen-bond donors (Lipinski definition) is 1. The zero-order chi connectivity index (χ0) is 17.8. The van der Waals surface area contributed by atoms with Gasteiger partial charge >= 0.3 is 0 Å². The van der Waals surface area contributed by atoms with Crippen molar-refractivity contribution in [2.45, 2.75) is 26.4 Å². The van der Waals surface area contributed by atoms with Crippen molar-refractivity contribution in [3.8, 4) is 5.75 Å². The van der Waals surface area contributed by atoms with Gasteiger partial charge in [-0.3, -0.25) is 9.69 Å². The third-order valence-electron chi connectivity index (χ3n) is 4.35. The van der Waals surface area contributed by atoms with E-state index in [2.05, 4.69) is 27.0 Å². The SMILES string of the molecule is CCOc1ccc(CN(C)[C@@H](C)c2nc3ccccc3c(=O)[nH]2)cc1. The third-order valence-corrected chi connectivity index (χ3v) is 4.35. The zero-order valence-electron chi connectivity index (χ0n) is 14.8. The maximum Gasteiger partial charge on any atom is 0.258 e. The lowest BCUT2D eigenvalue weighted by Crippen LogP contribution is -2.26. The Morgan fingerprint density at radius 3 is 2.60 bits per heavy atom. The highest BCUT2D eigenvalue weighted by Crippen LogP contribution is 2.20. The molecule has 5 heteroatoms. The first-order valence-electron chi connectivity index (χ1n) is 8.49. The molecule has 0 radical (unpaired) electrons. The molecule has 3 aromatic rings. The molecule has 0 saturated heterocycles. The predicted molar refractivity (Wildman–Crippen MR) is 99.9 cm³/mol. The summed E-state index contributed by atoms with van der Waals surface area (Å²) in [4.78, 5) is 21.9. The van der Waals surface area contributed by atoms with E-state index in [-0.39, 0.29) is 11.6 Å². The molecular weight excluding hydrogens is 314 g/mol. The average molecular weight is 337 g/mol. The summed E-state index contributed by atoms with van der Waals surface area (Å²) in [6.07, 6.45) is 0. The lowest BCUT2D eigenvalue weighted by molar-refractivity contribution is 0.243.